The zero-order valence-electron chi connectivity index (χ0n) is 20.0. The number of alkyl halides is 3. The molecule has 9 heteroatoms. The lowest BCUT2D eigenvalue weighted by molar-refractivity contribution is -0.200. The van der Waals surface area contributed by atoms with Crippen molar-refractivity contribution >= 4 is 6.09 Å². The Bertz CT molecular complexity index is 821. The van der Waals surface area contributed by atoms with Gasteiger partial charge in [-0.2, -0.15) is 13.2 Å². The molecule has 0 radical (unpaired) electrons. The van der Waals surface area contributed by atoms with Crippen LogP contribution in [-0.2, 0) is 11.3 Å². The molecule has 1 amide bonds. The normalized spacial score (nSPS) is 22.3. The van der Waals surface area contributed by atoms with Gasteiger partial charge in [-0.3, -0.25) is 9.80 Å². The Morgan fingerprint density at radius 3 is 2.50 bits per heavy atom. The minimum atomic E-state index is -4.54. The zero-order valence-corrected chi connectivity index (χ0v) is 20.0. The number of carbonyl (C=O) groups excluding carboxylic acids is 1. The molecule has 0 aliphatic carbocycles. The van der Waals surface area contributed by atoms with Crippen LogP contribution in [0.1, 0.15) is 51.0 Å². The van der Waals surface area contributed by atoms with Gasteiger partial charge in [-0.1, -0.05) is 12.1 Å². The lowest BCUT2D eigenvalue weighted by atomic mass is 9.85. The van der Waals surface area contributed by atoms with Crippen LogP contribution < -0.4 is 4.74 Å². The average molecular weight is 484 g/mol. The summed E-state index contributed by atoms with van der Waals surface area (Å²) in [7, 11) is 0. The fourth-order valence-electron chi connectivity index (χ4n) is 5.46. The van der Waals surface area contributed by atoms with E-state index in [-0.39, 0.29) is 5.54 Å². The Hall–Kier alpha value is -2.00. The van der Waals surface area contributed by atoms with Crippen molar-refractivity contribution in [1.82, 2.24) is 14.7 Å². The van der Waals surface area contributed by atoms with Crippen LogP contribution >= 0.6 is 0 Å². The molecule has 3 aliphatic heterocycles. The highest BCUT2D eigenvalue weighted by Crippen LogP contribution is 2.40. The van der Waals surface area contributed by atoms with Gasteiger partial charge in [0.2, 0.25) is 0 Å². The second-order valence-corrected chi connectivity index (χ2v) is 9.85. The molecule has 190 valence electrons. The van der Waals surface area contributed by atoms with Gasteiger partial charge in [0.05, 0.1) is 0 Å². The van der Waals surface area contributed by atoms with Gasteiger partial charge in [-0.25, -0.2) is 4.79 Å². The van der Waals surface area contributed by atoms with Crippen molar-refractivity contribution in [3.05, 3.63) is 29.8 Å². The molecular formula is C25H36F3N3O3. The molecule has 1 aromatic rings. The van der Waals surface area contributed by atoms with Crippen LogP contribution in [0.3, 0.4) is 0 Å². The number of nitrogens with zero attached hydrogens (tertiary/aromatic N) is 3. The molecule has 1 atom stereocenters. The van der Waals surface area contributed by atoms with Crippen LogP contribution in [-0.4, -0.2) is 84.5 Å². The Kier molecular flexibility index (Phi) is 7.92. The van der Waals surface area contributed by atoms with Crippen molar-refractivity contribution in [3.8, 4) is 5.75 Å². The van der Waals surface area contributed by atoms with E-state index in [4.69, 9.17) is 4.74 Å². The summed E-state index contributed by atoms with van der Waals surface area (Å²) < 4.78 is 48.8. The van der Waals surface area contributed by atoms with E-state index in [2.05, 4.69) is 26.7 Å². The van der Waals surface area contributed by atoms with E-state index in [1.54, 1.807) is 0 Å². The van der Waals surface area contributed by atoms with Crippen molar-refractivity contribution in [1.29, 1.82) is 0 Å². The minimum absolute atomic E-state index is 0.0148. The molecular weight excluding hydrogens is 447 g/mol. The second-order valence-electron chi connectivity index (χ2n) is 9.85. The first-order chi connectivity index (χ1) is 16.2. The highest BCUT2D eigenvalue weighted by atomic mass is 19.4. The molecule has 3 heterocycles. The molecule has 4 rings (SSSR count). The van der Waals surface area contributed by atoms with Gasteiger partial charge in [0.15, 0.2) is 6.10 Å². The predicted molar refractivity (Wildman–Crippen MR) is 123 cm³/mol. The highest BCUT2D eigenvalue weighted by molar-refractivity contribution is 5.68. The number of halogens is 3. The number of piperidine rings is 1. The summed E-state index contributed by atoms with van der Waals surface area (Å²) >= 11 is 0. The van der Waals surface area contributed by atoms with Gasteiger partial charge in [0, 0.05) is 31.7 Å². The Labute approximate surface area is 200 Å². The van der Waals surface area contributed by atoms with Crippen LogP contribution in [0, 0.1) is 0 Å². The number of benzene rings is 1. The molecule has 0 bridgehead atoms. The first kappa shape index (κ1) is 25.1. The fraction of sp³-hybridized carbons (Fsp3) is 0.720. The molecule has 1 aromatic carbocycles. The third kappa shape index (κ3) is 6.16. The van der Waals surface area contributed by atoms with E-state index in [0.29, 0.717) is 19.7 Å². The highest BCUT2D eigenvalue weighted by Gasteiger charge is 2.45. The van der Waals surface area contributed by atoms with E-state index in [1.165, 1.54) is 23.3 Å². The summed E-state index contributed by atoms with van der Waals surface area (Å²) in [5.41, 5.74) is 1.18. The van der Waals surface area contributed by atoms with E-state index in [1.807, 2.05) is 12.1 Å². The number of amides is 1. The van der Waals surface area contributed by atoms with Crippen LogP contribution in [0.25, 0.3) is 0 Å². The maximum Gasteiger partial charge on any atom is 0.425 e. The Morgan fingerprint density at radius 2 is 1.79 bits per heavy atom. The maximum atomic E-state index is 12.7. The van der Waals surface area contributed by atoms with Crippen LogP contribution in [0.2, 0.25) is 0 Å². The second kappa shape index (κ2) is 10.7. The van der Waals surface area contributed by atoms with Crippen molar-refractivity contribution < 1.29 is 27.4 Å². The molecule has 0 N–H and O–H groups in total. The lowest BCUT2D eigenvalue weighted by Gasteiger charge is -2.45. The topological polar surface area (TPSA) is 45.3 Å². The summed E-state index contributed by atoms with van der Waals surface area (Å²) in [6.07, 6.45) is -1.34. The Morgan fingerprint density at radius 1 is 1.06 bits per heavy atom. The molecule has 6 nitrogen and oxygen atoms in total. The van der Waals surface area contributed by atoms with E-state index >= 15 is 0 Å². The molecule has 3 fully saturated rings. The van der Waals surface area contributed by atoms with Crippen molar-refractivity contribution in [2.75, 3.05) is 45.9 Å². The zero-order chi connectivity index (χ0) is 24.2. The molecule has 1 spiro atoms. The average Bonchev–Trinajstić information content (AvgIpc) is 3.45. The van der Waals surface area contributed by atoms with Gasteiger partial charge in [-0.15, -0.1) is 0 Å². The van der Waals surface area contributed by atoms with Gasteiger partial charge in [-0.05, 0) is 82.8 Å². The van der Waals surface area contributed by atoms with Crippen LogP contribution in [0.4, 0.5) is 18.0 Å². The van der Waals surface area contributed by atoms with Crippen LogP contribution in [0.15, 0.2) is 24.3 Å². The number of hydrogen-bond acceptors (Lipinski definition) is 5. The van der Waals surface area contributed by atoms with Crippen molar-refractivity contribution in [3.63, 3.8) is 0 Å². The third-order valence-electron chi connectivity index (χ3n) is 7.58. The molecule has 34 heavy (non-hydrogen) atoms. The SMILES string of the molecule is CC(OC(=O)N1CCC2(CCCN2Cc2cccc(OCCN3CCCC3)c2)CC1)C(F)(F)F. The third-order valence-corrected chi connectivity index (χ3v) is 7.58. The summed E-state index contributed by atoms with van der Waals surface area (Å²) in [4.78, 5) is 18.5. The first-order valence-corrected chi connectivity index (χ1v) is 12.5. The lowest BCUT2D eigenvalue weighted by Crippen LogP contribution is -2.53. The smallest absolute Gasteiger partial charge is 0.425 e. The number of ether oxygens (including phenoxy) is 2. The first-order valence-electron chi connectivity index (χ1n) is 12.5. The standard InChI is InChI=1S/C25H36F3N3O3/c1-20(25(26,27)28)34-23(32)30-14-9-24(10-15-30)8-5-13-31(24)19-21-6-4-7-22(18-21)33-17-16-29-11-2-3-12-29/h4,6-7,18,20H,2-3,5,8-17,19H2,1H3. The summed E-state index contributed by atoms with van der Waals surface area (Å²) in [5.74, 6) is 0.890. The van der Waals surface area contributed by atoms with Crippen LogP contribution in [0.5, 0.6) is 5.75 Å². The maximum absolute atomic E-state index is 12.7. The fourth-order valence-corrected chi connectivity index (χ4v) is 5.46. The number of hydrogen-bond donors (Lipinski definition) is 0. The van der Waals surface area contributed by atoms with Gasteiger partial charge in [0.1, 0.15) is 12.4 Å². The monoisotopic (exact) mass is 483 g/mol. The number of rotatable bonds is 7. The molecule has 0 saturated carbocycles. The van der Waals surface area contributed by atoms with E-state index < -0.39 is 18.4 Å². The number of carbonyl (C=O) groups is 1. The quantitative estimate of drug-likeness (QED) is 0.564. The van der Waals surface area contributed by atoms with Gasteiger partial charge < -0.3 is 14.4 Å². The summed E-state index contributed by atoms with van der Waals surface area (Å²) in [6, 6.07) is 8.26. The number of likely N-dealkylation sites (tertiary alicyclic amines) is 3. The molecule has 0 aromatic heterocycles. The molecule has 3 aliphatic rings. The largest absolute Gasteiger partial charge is 0.492 e. The van der Waals surface area contributed by atoms with Crippen molar-refractivity contribution in [2.24, 2.45) is 0 Å². The molecule has 1 unspecified atom stereocenters. The van der Waals surface area contributed by atoms with Gasteiger partial charge in [0.25, 0.3) is 0 Å². The summed E-state index contributed by atoms with van der Waals surface area (Å²) in [5, 5.41) is 0. The van der Waals surface area contributed by atoms with E-state index in [0.717, 1.165) is 71.1 Å². The predicted octanol–water partition coefficient (Wildman–Crippen LogP) is 4.68. The summed E-state index contributed by atoms with van der Waals surface area (Å²) in [6.45, 7) is 7.46. The van der Waals surface area contributed by atoms with Crippen molar-refractivity contribution in [2.45, 2.75) is 69.8 Å². The minimum Gasteiger partial charge on any atom is -0.492 e. The molecule has 3 saturated heterocycles. The Balaban J connectivity index is 1.28. The van der Waals surface area contributed by atoms with Gasteiger partial charge >= 0.3 is 12.3 Å². The van der Waals surface area contributed by atoms with E-state index in [9.17, 15) is 18.0 Å².